The fraction of sp³-hybridized carbons (Fsp3) is 0.571. The van der Waals surface area contributed by atoms with Crippen molar-refractivity contribution in [2.75, 3.05) is 39.0 Å². The fourth-order valence-corrected chi connectivity index (χ4v) is 4.25. The summed E-state index contributed by atoms with van der Waals surface area (Å²) in [6, 6.07) is 3.04. The Balaban J connectivity index is 2.16. The third-order valence-electron chi connectivity index (χ3n) is 3.98. The summed E-state index contributed by atoms with van der Waals surface area (Å²) in [6.45, 7) is 5.03. The number of nitrogens with zero attached hydrogens (tertiary/aromatic N) is 2. The van der Waals surface area contributed by atoms with Crippen molar-refractivity contribution < 1.29 is 8.42 Å². The number of nitrogen functional groups attached to an aromatic ring is 1. The molecule has 2 N–H and O–H groups in total. The largest absolute Gasteiger partial charge is 0.398 e. The van der Waals surface area contributed by atoms with Gasteiger partial charge in [-0.05, 0) is 50.6 Å². The van der Waals surface area contributed by atoms with Crippen molar-refractivity contribution in [2.24, 2.45) is 0 Å². The van der Waals surface area contributed by atoms with Crippen LogP contribution in [-0.2, 0) is 10.0 Å². The smallest absolute Gasteiger partial charge is 0.243 e. The SMILES string of the molecule is Cc1c(N)cc(Cl)cc1S(=O)(=O)N(C)CCN1CCCC1. The number of benzene rings is 1. The number of rotatable bonds is 5. The van der Waals surface area contributed by atoms with Gasteiger partial charge in [0, 0.05) is 30.8 Å². The summed E-state index contributed by atoms with van der Waals surface area (Å²) in [4.78, 5) is 2.47. The van der Waals surface area contributed by atoms with Gasteiger partial charge >= 0.3 is 0 Å². The van der Waals surface area contributed by atoms with E-state index < -0.39 is 10.0 Å². The molecule has 0 atom stereocenters. The molecule has 2 rings (SSSR count). The number of hydrogen-bond acceptors (Lipinski definition) is 4. The molecular formula is C14H22ClN3O2S. The van der Waals surface area contributed by atoms with Crippen LogP contribution in [0.1, 0.15) is 18.4 Å². The molecule has 1 aromatic rings. The molecule has 1 aromatic carbocycles. The Morgan fingerprint density at radius 2 is 1.95 bits per heavy atom. The van der Waals surface area contributed by atoms with E-state index in [0.29, 0.717) is 22.8 Å². The normalized spacial score (nSPS) is 16.8. The van der Waals surface area contributed by atoms with Gasteiger partial charge in [-0.2, -0.15) is 4.31 Å². The summed E-state index contributed by atoms with van der Waals surface area (Å²) in [7, 11) is -1.96. The maximum Gasteiger partial charge on any atom is 0.243 e. The van der Waals surface area contributed by atoms with Crippen LogP contribution in [0.5, 0.6) is 0 Å². The Morgan fingerprint density at radius 3 is 2.57 bits per heavy atom. The number of anilines is 1. The molecule has 1 heterocycles. The van der Waals surface area contributed by atoms with Crippen LogP contribution in [0.25, 0.3) is 0 Å². The summed E-state index contributed by atoms with van der Waals surface area (Å²) in [5.41, 5.74) is 6.76. The van der Waals surface area contributed by atoms with Crippen LogP contribution in [0.3, 0.4) is 0 Å². The third-order valence-corrected chi connectivity index (χ3v) is 6.18. The Labute approximate surface area is 131 Å². The molecule has 1 saturated heterocycles. The second-order valence-corrected chi connectivity index (χ2v) is 7.94. The number of hydrogen-bond donors (Lipinski definition) is 1. The average molecular weight is 332 g/mol. The molecule has 118 valence electrons. The van der Waals surface area contributed by atoms with Crippen molar-refractivity contribution >= 4 is 27.3 Å². The summed E-state index contributed by atoms with van der Waals surface area (Å²) >= 11 is 5.94. The topological polar surface area (TPSA) is 66.6 Å². The van der Waals surface area contributed by atoms with Gasteiger partial charge < -0.3 is 10.6 Å². The van der Waals surface area contributed by atoms with Crippen LogP contribution in [0.4, 0.5) is 5.69 Å². The number of likely N-dealkylation sites (tertiary alicyclic amines) is 1. The van der Waals surface area contributed by atoms with Crippen molar-refractivity contribution in [3.05, 3.63) is 22.7 Å². The molecule has 0 aromatic heterocycles. The predicted octanol–water partition coefficient (Wildman–Crippen LogP) is 1.95. The molecule has 0 bridgehead atoms. The van der Waals surface area contributed by atoms with Crippen molar-refractivity contribution in [3.63, 3.8) is 0 Å². The Kier molecular flexibility index (Phi) is 5.14. The van der Waals surface area contributed by atoms with Gasteiger partial charge in [-0.25, -0.2) is 8.42 Å². The Morgan fingerprint density at radius 1 is 1.33 bits per heavy atom. The van der Waals surface area contributed by atoms with Crippen molar-refractivity contribution in [3.8, 4) is 0 Å². The summed E-state index contributed by atoms with van der Waals surface area (Å²) in [6.07, 6.45) is 2.39. The third kappa shape index (κ3) is 3.69. The molecule has 0 amide bonds. The lowest BCUT2D eigenvalue weighted by Crippen LogP contribution is -2.35. The minimum Gasteiger partial charge on any atom is -0.398 e. The molecule has 0 radical (unpaired) electrons. The minimum atomic E-state index is -3.56. The van der Waals surface area contributed by atoms with Gasteiger partial charge in [0.2, 0.25) is 10.0 Å². The van der Waals surface area contributed by atoms with Gasteiger partial charge in [0.05, 0.1) is 4.90 Å². The molecule has 1 fully saturated rings. The van der Waals surface area contributed by atoms with Crippen LogP contribution in [0, 0.1) is 6.92 Å². The minimum absolute atomic E-state index is 0.191. The number of nitrogens with two attached hydrogens (primary N) is 1. The van der Waals surface area contributed by atoms with Crippen LogP contribution < -0.4 is 5.73 Å². The lowest BCUT2D eigenvalue weighted by Gasteiger charge is -2.22. The van der Waals surface area contributed by atoms with Gasteiger partial charge in [-0.3, -0.25) is 0 Å². The van der Waals surface area contributed by atoms with Crippen LogP contribution >= 0.6 is 11.6 Å². The summed E-state index contributed by atoms with van der Waals surface area (Å²) < 4.78 is 26.7. The van der Waals surface area contributed by atoms with E-state index in [1.165, 1.54) is 23.2 Å². The van der Waals surface area contributed by atoms with Gasteiger partial charge in [0.1, 0.15) is 0 Å². The molecule has 5 nitrogen and oxygen atoms in total. The average Bonchev–Trinajstić information content (AvgIpc) is 2.93. The van der Waals surface area contributed by atoms with Crippen molar-refractivity contribution in [2.45, 2.75) is 24.7 Å². The van der Waals surface area contributed by atoms with E-state index in [2.05, 4.69) is 4.90 Å². The molecule has 1 aliphatic rings. The van der Waals surface area contributed by atoms with E-state index in [9.17, 15) is 8.42 Å². The van der Waals surface area contributed by atoms with Gasteiger partial charge in [-0.1, -0.05) is 11.6 Å². The fourth-order valence-electron chi connectivity index (χ4n) is 2.52. The van der Waals surface area contributed by atoms with E-state index in [4.69, 9.17) is 17.3 Å². The van der Waals surface area contributed by atoms with E-state index >= 15 is 0 Å². The Bertz CT molecular complexity index is 613. The highest BCUT2D eigenvalue weighted by molar-refractivity contribution is 7.89. The highest BCUT2D eigenvalue weighted by atomic mass is 35.5. The summed E-state index contributed by atoms with van der Waals surface area (Å²) in [5.74, 6) is 0. The standard InChI is InChI=1S/C14H22ClN3O2S/c1-11-13(16)9-12(15)10-14(11)21(19,20)17(2)7-8-18-5-3-4-6-18/h9-10H,3-8,16H2,1-2H3. The van der Waals surface area contributed by atoms with Gasteiger partial charge in [0.15, 0.2) is 0 Å². The van der Waals surface area contributed by atoms with Crippen LogP contribution in [-0.4, -0.2) is 50.8 Å². The van der Waals surface area contributed by atoms with Gasteiger partial charge in [0.25, 0.3) is 0 Å². The maximum absolute atomic E-state index is 12.7. The van der Waals surface area contributed by atoms with E-state index in [1.807, 2.05) is 0 Å². The second kappa shape index (κ2) is 6.52. The molecule has 0 saturated carbocycles. The lowest BCUT2D eigenvalue weighted by molar-refractivity contribution is 0.310. The quantitative estimate of drug-likeness (QED) is 0.837. The highest BCUT2D eigenvalue weighted by Gasteiger charge is 2.25. The number of halogens is 1. The van der Waals surface area contributed by atoms with E-state index in [0.717, 1.165) is 19.6 Å². The molecule has 1 aliphatic heterocycles. The first kappa shape index (κ1) is 16.5. The van der Waals surface area contributed by atoms with Crippen molar-refractivity contribution in [1.82, 2.24) is 9.21 Å². The van der Waals surface area contributed by atoms with Gasteiger partial charge in [-0.15, -0.1) is 0 Å². The molecule has 0 aliphatic carbocycles. The number of sulfonamides is 1. The zero-order valence-corrected chi connectivity index (χ0v) is 14.0. The first-order valence-electron chi connectivity index (χ1n) is 7.06. The zero-order chi connectivity index (χ0) is 15.6. The molecule has 21 heavy (non-hydrogen) atoms. The summed E-state index contributed by atoms with van der Waals surface area (Å²) in [5, 5.41) is 0.338. The Hall–Kier alpha value is -0.820. The van der Waals surface area contributed by atoms with Crippen LogP contribution in [0.2, 0.25) is 5.02 Å². The molecular weight excluding hydrogens is 310 g/mol. The first-order valence-corrected chi connectivity index (χ1v) is 8.88. The first-order chi connectivity index (χ1) is 9.82. The van der Waals surface area contributed by atoms with E-state index in [1.54, 1.807) is 20.0 Å². The number of likely N-dealkylation sites (N-methyl/N-ethyl adjacent to an activating group) is 1. The monoisotopic (exact) mass is 331 g/mol. The van der Waals surface area contributed by atoms with E-state index in [-0.39, 0.29) is 4.90 Å². The predicted molar refractivity (Wildman–Crippen MR) is 86.1 cm³/mol. The maximum atomic E-state index is 12.7. The zero-order valence-electron chi connectivity index (χ0n) is 12.5. The second-order valence-electron chi connectivity index (χ2n) is 5.49. The van der Waals surface area contributed by atoms with Crippen molar-refractivity contribution in [1.29, 1.82) is 0 Å². The van der Waals surface area contributed by atoms with Crippen LogP contribution in [0.15, 0.2) is 17.0 Å². The highest BCUT2D eigenvalue weighted by Crippen LogP contribution is 2.27. The lowest BCUT2D eigenvalue weighted by atomic mass is 10.2. The molecule has 0 spiro atoms. The molecule has 7 heteroatoms. The molecule has 0 unspecified atom stereocenters.